The molecular weight excluding hydrogens is 288 g/mol. The third-order valence-electron chi connectivity index (χ3n) is 3.69. The molecule has 0 aliphatic carbocycles. The van der Waals surface area contributed by atoms with Crippen molar-refractivity contribution in [2.75, 3.05) is 5.73 Å². The van der Waals surface area contributed by atoms with Crippen molar-refractivity contribution < 1.29 is 0 Å². The molecule has 0 amide bonds. The zero-order chi connectivity index (χ0) is 15.8. The fraction of sp³-hybridized carbons (Fsp3) is 0. The van der Waals surface area contributed by atoms with Gasteiger partial charge in [0.15, 0.2) is 5.95 Å². The summed E-state index contributed by atoms with van der Waals surface area (Å²) >= 11 is 0. The molecule has 4 aromatic heterocycles. The van der Waals surface area contributed by atoms with Crippen LogP contribution in [0.5, 0.6) is 0 Å². The number of imidazole rings is 1. The number of pyridine rings is 2. The number of nitrogen functional groups attached to an aromatic ring is 1. The van der Waals surface area contributed by atoms with Gasteiger partial charge in [0.05, 0.1) is 23.8 Å². The summed E-state index contributed by atoms with van der Waals surface area (Å²) in [5.41, 5.74) is 10.2. The Morgan fingerprint density at radius 3 is 2.83 bits per heavy atom. The van der Waals surface area contributed by atoms with Gasteiger partial charge in [-0.05, 0) is 23.8 Å². The molecule has 4 aromatic rings. The van der Waals surface area contributed by atoms with Crippen molar-refractivity contribution in [3.05, 3.63) is 61.3 Å². The van der Waals surface area contributed by atoms with E-state index < -0.39 is 0 Å². The summed E-state index contributed by atoms with van der Waals surface area (Å²) in [5, 5.41) is 1.05. The molecule has 4 heterocycles. The maximum atomic E-state index is 5.64. The number of nitrogens with zero attached hydrogens (tertiary/aromatic N) is 4. The van der Waals surface area contributed by atoms with Gasteiger partial charge in [0, 0.05) is 29.5 Å². The summed E-state index contributed by atoms with van der Waals surface area (Å²) in [6.45, 7) is 3.77. The van der Waals surface area contributed by atoms with Crippen LogP contribution < -0.4 is 5.73 Å². The van der Waals surface area contributed by atoms with Crippen LogP contribution >= 0.6 is 0 Å². The van der Waals surface area contributed by atoms with Crippen LogP contribution in [0.4, 0.5) is 5.95 Å². The van der Waals surface area contributed by atoms with Crippen LogP contribution in [-0.2, 0) is 0 Å². The fourth-order valence-electron chi connectivity index (χ4n) is 2.55. The van der Waals surface area contributed by atoms with Crippen LogP contribution in [0.3, 0.4) is 0 Å². The van der Waals surface area contributed by atoms with Crippen LogP contribution in [0.2, 0.25) is 0 Å². The molecule has 3 N–H and O–H groups in total. The molecule has 0 aliphatic heterocycles. The predicted octanol–water partition coefficient (Wildman–Crippen LogP) is 3.04. The number of fused-ring (bicyclic) bond motifs is 1. The number of aromatic nitrogens is 5. The highest BCUT2D eigenvalue weighted by Gasteiger charge is 2.08. The zero-order valence-corrected chi connectivity index (χ0v) is 12.3. The lowest BCUT2D eigenvalue weighted by molar-refractivity contribution is 1.07. The number of hydrogen-bond donors (Lipinski definition) is 2. The van der Waals surface area contributed by atoms with Crippen LogP contribution in [-0.4, -0.2) is 24.5 Å². The Balaban J connectivity index is 1.83. The van der Waals surface area contributed by atoms with E-state index in [4.69, 9.17) is 5.73 Å². The first-order valence-electron chi connectivity index (χ1n) is 7.10. The number of aromatic amines is 1. The first-order chi connectivity index (χ1) is 11.2. The minimum absolute atomic E-state index is 0.385. The number of nitrogens with two attached hydrogens (primary N) is 1. The summed E-state index contributed by atoms with van der Waals surface area (Å²) in [7, 11) is 0. The first kappa shape index (κ1) is 13.3. The molecule has 112 valence electrons. The molecule has 0 radical (unpaired) electrons. The summed E-state index contributed by atoms with van der Waals surface area (Å²) < 4.78 is 2.00. The van der Waals surface area contributed by atoms with Gasteiger partial charge in [-0.1, -0.05) is 12.7 Å². The molecule has 0 saturated carbocycles. The van der Waals surface area contributed by atoms with Gasteiger partial charge in [-0.2, -0.15) is 0 Å². The van der Waals surface area contributed by atoms with E-state index in [0.29, 0.717) is 5.95 Å². The Labute approximate surface area is 132 Å². The highest BCUT2D eigenvalue weighted by molar-refractivity contribution is 5.80. The van der Waals surface area contributed by atoms with Gasteiger partial charge in [0.1, 0.15) is 5.65 Å². The fourth-order valence-corrected chi connectivity index (χ4v) is 2.55. The molecular formula is C17H14N6. The molecule has 0 aliphatic rings. The Hall–Kier alpha value is -3.41. The van der Waals surface area contributed by atoms with Crippen molar-refractivity contribution in [3.8, 4) is 16.9 Å². The van der Waals surface area contributed by atoms with E-state index in [1.165, 1.54) is 0 Å². The van der Waals surface area contributed by atoms with E-state index in [0.717, 1.165) is 33.5 Å². The molecule has 4 rings (SSSR count). The highest BCUT2D eigenvalue weighted by atomic mass is 15.0. The monoisotopic (exact) mass is 302 g/mol. The van der Waals surface area contributed by atoms with Gasteiger partial charge in [0.25, 0.3) is 0 Å². The average molecular weight is 302 g/mol. The summed E-state index contributed by atoms with van der Waals surface area (Å²) in [5.74, 6) is 0.385. The van der Waals surface area contributed by atoms with E-state index in [1.807, 2.05) is 22.9 Å². The Kier molecular flexibility index (Phi) is 2.94. The second-order valence-electron chi connectivity index (χ2n) is 5.19. The van der Waals surface area contributed by atoms with Crippen molar-refractivity contribution in [1.29, 1.82) is 0 Å². The normalized spacial score (nSPS) is 11.0. The zero-order valence-electron chi connectivity index (χ0n) is 12.3. The Morgan fingerprint density at radius 1 is 1.13 bits per heavy atom. The van der Waals surface area contributed by atoms with E-state index >= 15 is 0 Å². The molecule has 0 fully saturated rings. The molecule has 0 spiro atoms. The Morgan fingerprint density at radius 2 is 2.04 bits per heavy atom. The van der Waals surface area contributed by atoms with E-state index in [1.54, 1.807) is 30.9 Å². The van der Waals surface area contributed by atoms with E-state index in [-0.39, 0.29) is 0 Å². The SMILES string of the molecule is C=Cc1cnc2c(ccn2-c2cncc(-c3cnc(N)[nH]3)c2)c1. The second kappa shape index (κ2) is 5.10. The summed E-state index contributed by atoms with van der Waals surface area (Å²) in [6, 6.07) is 6.09. The van der Waals surface area contributed by atoms with Crippen molar-refractivity contribution in [2.45, 2.75) is 0 Å². The minimum Gasteiger partial charge on any atom is -0.369 e. The molecule has 0 atom stereocenters. The van der Waals surface area contributed by atoms with Crippen LogP contribution in [0.25, 0.3) is 34.1 Å². The van der Waals surface area contributed by atoms with Crippen LogP contribution in [0.15, 0.2) is 55.8 Å². The number of anilines is 1. The molecule has 0 bridgehead atoms. The maximum Gasteiger partial charge on any atom is 0.197 e. The second-order valence-corrected chi connectivity index (χ2v) is 5.19. The number of hydrogen-bond acceptors (Lipinski definition) is 4. The van der Waals surface area contributed by atoms with Crippen molar-refractivity contribution in [3.63, 3.8) is 0 Å². The van der Waals surface area contributed by atoms with Gasteiger partial charge in [0.2, 0.25) is 0 Å². The predicted molar refractivity (Wildman–Crippen MR) is 91.0 cm³/mol. The molecule has 6 nitrogen and oxygen atoms in total. The van der Waals surface area contributed by atoms with Crippen molar-refractivity contribution >= 4 is 23.1 Å². The lowest BCUT2D eigenvalue weighted by atomic mass is 10.2. The highest BCUT2D eigenvalue weighted by Crippen LogP contribution is 2.23. The molecule has 23 heavy (non-hydrogen) atoms. The van der Waals surface area contributed by atoms with Gasteiger partial charge in [-0.3, -0.25) is 9.55 Å². The number of H-pyrrole nitrogens is 1. The van der Waals surface area contributed by atoms with E-state index in [2.05, 4.69) is 32.6 Å². The maximum absolute atomic E-state index is 5.64. The molecule has 0 aromatic carbocycles. The standard InChI is InChI=1S/C17H14N6/c1-2-11-5-12-3-4-23(16(12)20-7-11)14-6-13(8-19-9-14)15-10-21-17(18)22-15/h2-10H,1H2,(H3,18,21,22). The molecule has 0 unspecified atom stereocenters. The lowest BCUT2D eigenvalue weighted by Crippen LogP contribution is -1.95. The largest absolute Gasteiger partial charge is 0.369 e. The van der Waals surface area contributed by atoms with Crippen molar-refractivity contribution in [1.82, 2.24) is 24.5 Å². The lowest BCUT2D eigenvalue weighted by Gasteiger charge is -2.06. The smallest absolute Gasteiger partial charge is 0.197 e. The quantitative estimate of drug-likeness (QED) is 0.609. The first-order valence-corrected chi connectivity index (χ1v) is 7.10. The topological polar surface area (TPSA) is 85.4 Å². The molecule has 6 heteroatoms. The van der Waals surface area contributed by atoms with Crippen molar-refractivity contribution in [2.24, 2.45) is 0 Å². The third kappa shape index (κ3) is 2.26. The third-order valence-corrected chi connectivity index (χ3v) is 3.69. The minimum atomic E-state index is 0.385. The van der Waals surface area contributed by atoms with Gasteiger partial charge >= 0.3 is 0 Å². The van der Waals surface area contributed by atoms with Gasteiger partial charge in [-0.15, -0.1) is 0 Å². The Bertz CT molecular complexity index is 1010. The van der Waals surface area contributed by atoms with Crippen LogP contribution in [0.1, 0.15) is 5.56 Å². The van der Waals surface area contributed by atoms with Crippen LogP contribution in [0, 0.1) is 0 Å². The summed E-state index contributed by atoms with van der Waals surface area (Å²) in [4.78, 5) is 15.9. The number of nitrogens with one attached hydrogen (secondary N) is 1. The average Bonchev–Trinajstić information content (AvgIpc) is 3.20. The summed E-state index contributed by atoms with van der Waals surface area (Å²) in [6.07, 6.45) is 10.8. The van der Waals surface area contributed by atoms with Gasteiger partial charge in [-0.25, -0.2) is 9.97 Å². The number of rotatable bonds is 3. The van der Waals surface area contributed by atoms with E-state index in [9.17, 15) is 0 Å². The molecule has 0 saturated heterocycles. The van der Waals surface area contributed by atoms with Gasteiger partial charge < -0.3 is 10.7 Å².